The van der Waals surface area contributed by atoms with E-state index in [2.05, 4.69) is 13.8 Å². The number of fused-ring (bicyclic) bond motifs is 6. The first kappa shape index (κ1) is 25.9. The van der Waals surface area contributed by atoms with Crippen LogP contribution in [0.2, 0.25) is 0 Å². The van der Waals surface area contributed by atoms with Crippen molar-refractivity contribution < 1.29 is 18.0 Å². The average molecular weight is 556 g/mol. The molecule has 40 heavy (non-hydrogen) atoms. The Kier molecular flexibility index (Phi) is 5.68. The van der Waals surface area contributed by atoms with Crippen LogP contribution >= 0.6 is 0 Å². The minimum Gasteiger partial charge on any atom is -0.299 e. The highest BCUT2D eigenvalue weighted by atomic mass is 32.2. The molecule has 1 aromatic heterocycles. The standard InChI is InChI=1S/C34H37NO4S/c1-21-8-10-23(11-9-21)40(38,39)35-20-27(24-6-4-5-7-31(24)35)25-19-26-28-12-13-32(37)34(28,3)17-15-29(26)33(2)16-14-22(36)18-30(25)33/h4-11,18,20,25-26,28-29H,12-17,19H2,1-3H3/t25-,26+,28+,29+,33-,34+/m1/s1. The highest BCUT2D eigenvalue weighted by Crippen LogP contribution is 2.67. The number of rotatable bonds is 3. The van der Waals surface area contributed by atoms with Crippen LogP contribution in [0.1, 0.15) is 75.8 Å². The Hall–Kier alpha value is -2.99. The number of aryl methyl sites for hydroxylation is 1. The summed E-state index contributed by atoms with van der Waals surface area (Å²) in [4.78, 5) is 26.2. The SMILES string of the molecule is Cc1ccc(S(=O)(=O)n2cc([C@H]3C[C@@H]4[C@H](CC[C@]5(C)C(=O)CC[C@@H]45)[C@@]4(C)CCC(=O)C=C34)c3ccccc32)cc1. The molecular formula is C34H37NO4S. The van der Waals surface area contributed by atoms with E-state index in [0.29, 0.717) is 41.9 Å². The number of benzene rings is 2. The lowest BCUT2D eigenvalue weighted by molar-refractivity contribution is -0.132. The van der Waals surface area contributed by atoms with Gasteiger partial charge in [-0.1, -0.05) is 55.3 Å². The normalized spacial score (nSPS) is 33.8. The van der Waals surface area contributed by atoms with Crippen LogP contribution in [0.25, 0.3) is 10.9 Å². The highest BCUT2D eigenvalue weighted by molar-refractivity contribution is 7.90. The molecular weight excluding hydrogens is 518 g/mol. The van der Waals surface area contributed by atoms with Gasteiger partial charge in [0.05, 0.1) is 10.4 Å². The maximum Gasteiger partial charge on any atom is 0.268 e. The summed E-state index contributed by atoms with van der Waals surface area (Å²) in [6, 6.07) is 14.7. The van der Waals surface area contributed by atoms with Crippen LogP contribution in [-0.2, 0) is 19.6 Å². The fourth-order valence-electron chi connectivity index (χ4n) is 9.18. The Morgan fingerprint density at radius 3 is 2.38 bits per heavy atom. The fraction of sp³-hybridized carbons (Fsp3) is 0.471. The van der Waals surface area contributed by atoms with Gasteiger partial charge in [-0.25, -0.2) is 12.4 Å². The lowest BCUT2D eigenvalue weighted by Gasteiger charge is -2.59. The van der Waals surface area contributed by atoms with Crippen LogP contribution in [-0.4, -0.2) is 24.0 Å². The number of carbonyl (C=O) groups excluding carboxylic acids is 2. The summed E-state index contributed by atoms with van der Waals surface area (Å²) < 4.78 is 29.4. The molecule has 3 fully saturated rings. The van der Waals surface area contributed by atoms with Gasteiger partial charge < -0.3 is 0 Å². The smallest absolute Gasteiger partial charge is 0.268 e. The van der Waals surface area contributed by atoms with Crippen LogP contribution in [0.15, 0.2) is 71.3 Å². The van der Waals surface area contributed by atoms with Gasteiger partial charge in [-0.2, -0.15) is 0 Å². The predicted octanol–water partition coefficient (Wildman–Crippen LogP) is 6.98. The maximum atomic E-state index is 14.0. The van der Waals surface area contributed by atoms with Gasteiger partial charge in [0.2, 0.25) is 0 Å². The van der Waals surface area contributed by atoms with Crippen LogP contribution < -0.4 is 0 Å². The first-order valence-electron chi connectivity index (χ1n) is 14.7. The summed E-state index contributed by atoms with van der Waals surface area (Å²) in [5.74, 6) is 1.69. The Morgan fingerprint density at radius 2 is 1.60 bits per heavy atom. The zero-order valence-corrected chi connectivity index (χ0v) is 24.3. The third-order valence-corrected chi connectivity index (χ3v) is 13.1. The molecule has 0 N–H and O–H groups in total. The number of allylic oxidation sites excluding steroid dienone is 1. The lowest BCUT2D eigenvalue weighted by atomic mass is 9.45. The molecule has 3 aromatic rings. The molecule has 1 heterocycles. The van der Waals surface area contributed by atoms with Crippen molar-refractivity contribution in [3.05, 3.63) is 77.5 Å². The molecule has 0 unspecified atom stereocenters. The minimum atomic E-state index is -3.82. The van der Waals surface area contributed by atoms with Crippen molar-refractivity contribution >= 4 is 32.5 Å². The summed E-state index contributed by atoms with van der Waals surface area (Å²) in [7, 11) is -3.82. The number of ketones is 2. The molecule has 7 rings (SSSR count). The largest absolute Gasteiger partial charge is 0.299 e. The third-order valence-electron chi connectivity index (χ3n) is 11.4. The molecule has 0 aliphatic heterocycles. The van der Waals surface area contributed by atoms with Gasteiger partial charge in [0.1, 0.15) is 5.78 Å². The van der Waals surface area contributed by atoms with E-state index in [4.69, 9.17) is 0 Å². The summed E-state index contributed by atoms with van der Waals surface area (Å²) in [6.45, 7) is 6.48. The van der Waals surface area contributed by atoms with Crippen molar-refractivity contribution in [3.8, 4) is 0 Å². The van der Waals surface area contributed by atoms with E-state index in [1.165, 1.54) is 9.55 Å². The minimum absolute atomic E-state index is 0.0621. The van der Waals surface area contributed by atoms with E-state index in [9.17, 15) is 18.0 Å². The summed E-state index contributed by atoms with van der Waals surface area (Å²) in [6.07, 6.45) is 9.53. The molecule has 6 atom stereocenters. The average Bonchev–Trinajstić information content (AvgIpc) is 3.47. The predicted molar refractivity (Wildman–Crippen MR) is 156 cm³/mol. The molecule has 0 saturated heterocycles. The first-order valence-corrected chi connectivity index (χ1v) is 16.2. The summed E-state index contributed by atoms with van der Waals surface area (Å²) >= 11 is 0. The Bertz CT molecular complexity index is 1700. The topological polar surface area (TPSA) is 73.2 Å². The van der Waals surface area contributed by atoms with Crippen LogP contribution in [0.4, 0.5) is 0 Å². The van der Waals surface area contributed by atoms with Gasteiger partial charge in [-0.05, 0) is 92.0 Å². The molecule has 3 saturated carbocycles. The van der Waals surface area contributed by atoms with Gasteiger partial charge in [0, 0.05) is 35.8 Å². The molecule has 0 bridgehead atoms. The zero-order valence-electron chi connectivity index (χ0n) is 23.5. The van der Waals surface area contributed by atoms with E-state index in [0.717, 1.165) is 48.6 Å². The molecule has 0 radical (unpaired) electrons. The van der Waals surface area contributed by atoms with E-state index in [1.54, 1.807) is 12.1 Å². The van der Waals surface area contributed by atoms with Crippen LogP contribution in [0.5, 0.6) is 0 Å². The molecule has 208 valence electrons. The molecule has 5 nitrogen and oxygen atoms in total. The second-order valence-corrected chi connectivity index (χ2v) is 15.1. The molecule has 4 aliphatic rings. The first-order chi connectivity index (χ1) is 19.0. The van der Waals surface area contributed by atoms with Gasteiger partial charge in [0.25, 0.3) is 10.0 Å². The lowest BCUT2D eigenvalue weighted by Crippen LogP contribution is -2.52. The number of Topliss-reactive ketones (excluding diaryl/α,β-unsaturated/α-hetero) is 1. The Balaban J connectivity index is 1.41. The number of para-hydroxylation sites is 1. The number of nitrogens with zero attached hydrogens (tertiary/aromatic N) is 1. The summed E-state index contributed by atoms with van der Waals surface area (Å²) in [5.41, 5.74) is 3.44. The number of aromatic nitrogens is 1. The fourth-order valence-corrected chi connectivity index (χ4v) is 10.6. The maximum absolute atomic E-state index is 14.0. The van der Waals surface area contributed by atoms with Gasteiger partial charge >= 0.3 is 0 Å². The van der Waals surface area contributed by atoms with E-state index < -0.39 is 10.0 Å². The van der Waals surface area contributed by atoms with Crippen molar-refractivity contribution in [2.45, 2.75) is 76.5 Å². The van der Waals surface area contributed by atoms with Crippen molar-refractivity contribution in [2.75, 3.05) is 0 Å². The molecule has 4 aliphatic carbocycles. The monoisotopic (exact) mass is 555 g/mol. The molecule has 2 aromatic carbocycles. The highest BCUT2D eigenvalue weighted by Gasteiger charge is 2.60. The molecule has 0 amide bonds. The number of carbonyl (C=O) groups is 2. The Morgan fingerprint density at radius 1 is 0.875 bits per heavy atom. The Labute approximate surface area is 236 Å². The van der Waals surface area contributed by atoms with Gasteiger partial charge in [-0.15, -0.1) is 0 Å². The quantitative estimate of drug-likeness (QED) is 0.349. The van der Waals surface area contributed by atoms with Gasteiger partial charge in [0.15, 0.2) is 5.78 Å². The van der Waals surface area contributed by atoms with Crippen molar-refractivity contribution in [1.29, 1.82) is 0 Å². The van der Waals surface area contributed by atoms with Crippen molar-refractivity contribution in [1.82, 2.24) is 3.97 Å². The van der Waals surface area contributed by atoms with Crippen LogP contribution in [0, 0.1) is 35.5 Å². The van der Waals surface area contributed by atoms with Crippen molar-refractivity contribution in [3.63, 3.8) is 0 Å². The van der Waals surface area contributed by atoms with E-state index in [1.807, 2.05) is 55.6 Å². The van der Waals surface area contributed by atoms with Crippen molar-refractivity contribution in [2.24, 2.45) is 28.6 Å². The molecule has 6 heteroatoms. The van der Waals surface area contributed by atoms with E-state index in [-0.39, 0.29) is 27.4 Å². The van der Waals surface area contributed by atoms with Crippen LogP contribution in [0.3, 0.4) is 0 Å². The van der Waals surface area contributed by atoms with Gasteiger partial charge in [-0.3, -0.25) is 9.59 Å². The summed E-state index contributed by atoms with van der Waals surface area (Å²) in [5, 5.41) is 0.920. The second-order valence-electron chi connectivity index (χ2n) is 13.3. The number of hydrogen-bond donors (Lipinski definition) is 0. The zero-order chi connectivity index (χ0) is 28.0. The third kappa shape index (κ3) is 3.54. The van der Waals surface area contributed by atoms with E-state index >= 15 is 0 Å². The number of hydrogen-bond acceptors (Lipinski definition) is 4. The molecule has 0 spiro atoms. The second kappa shape index (κ2) is 8.75.